The molecule has 1 fully saturated rings. The molecule has 2 rings (SSSR count). The van der Waals surface area contributed by atoms with E-state index in [-0.39, 0.29) is 5.75 Å². The van der Waals surface area contributed by atoms with Gasteiger partial charge in [0.15, 0.2) is 11.5 Å². The quantitative estimate of drug-likeness (QED) is 0.847. The summed E-state index contributed by atoms with van der Waals surface area (Å²) in [7, 11) is 1.57. The van der Waals surface area contributed by atoms with Crippen LogP contribution in [-0.2, 0) is 6.54 Å². The number of halogens is 1. The maximum Gasteiger partial charge on any atom is 0.172 e. The summed E-state index contributed by atoms with van der Waals surface area (Å²) in [5, 5.41) is 13.3. The van der Waals surface area contributed by atoms with Gasteiger partial charge in [-0.3, -0.25) is 0 Å². The molecule has 0 saturated heterocycles. The van der Waals surface area contributed by atoms with E-state index in [0.29, 0.717) is 10.2 Å². The van der Waals surface area contributed by atoms with E-state index in [0.717, 1.165) is 30.5 Å². The molecule has 1 aromatic carbocycles. The maximum atomic E-state index is 9.79. The van der Waals surface area contributed by atoms with Gasteiger partial charge in [-0.1, -0.05) is 26.2 Å². The summed E-state index contributed by atoms with van der Waals surface area (Å²) in [5.74, 6) is 2.31. The smallest absolute Gasteiger partial charge is 0.172 e. The molecule has 2 N–H and O–H groups in total. The number of hydrogen-bond acceptors (Lipinski definition) is 3. The second kappa shape index (κ2) is 7.32. The molecule has 1 aliphatic carbocycles. The zero-order valence-corrected chi connectivity index (χ0v) is 13.9. The van der Waals surface area contributed by atoms with Gasteiger partial charge in [0, 0.05) is 6.54 Å². The van der Waals surface area contributed by atoms with Crippen LogP contribution in [-0.4, -0.2) is 18.8 Å². The third kappa shape index (κ3) is 3.89. The van der Waals surface area contributed by atoms with Gasteiger partial charge in [-0.25, -0.2) is 0 Å². The van der Waals surface area contributed by atoms with Crippen LogP contribution < -0.4 is 10.1 Å². The number of nitrogens with one attached hydrogen (secondary N) is 1. The lowest BCUT2D eigenvalue weighted by Gasteiger charge is -2.29. The summed E-state index contributed by atoms with van der Waals surface area (Å²) in [6.07, 6.45) is 5.47. The van der Waals surface area contributed by atoms with Crippen LogP contribution >= 0.6 is 15.9 Å². The monoisotopic (exact) mass is 341 g/mol. The van der Waals surface area contributed by atoms with Crippen LogP contribution in [0.15, 0.2) is 16.6 Å². The predicted octanol–water partition coefficient (Wildman–Crippen LogP) is 4.08. The Morgan fingerprint density at radius 3 is 2.80 bits per heavy atom. The molecule has 0 radical (unpaired) electrons. The Bertz CT molecular complexity index is 450. The molecule has 3 nitrogen and oxygen atoms in total. The number of phenols is 1. The first-order valence-electron chi connectivity index (χ1n) is 7.38. The van der Waals surface area contributed by atoms with Gasteiger partial charge < -0.3 is 15.2 Å². The third-order valence-corrected chi connectivity index (χ3v) is 4.94. The van der Waals surface area contributed by atoms with Gasteiger partial charge in [0.1, 0.15) is 0 Å². The molecule has 1 aromatic rings. The lowest BCUT2D eigenvalue weighted by atomic mass is 9.80. The Kier molecular flexibility index (Phi) is 5.73. The Morgan fingerprint density at radius 2 is 2.10 bits per heavy atom. The first-order valence-corrected chi connectivity index (χ1v) is 8.17. The third-order valence-electron chi connectivity index (χ3n) is 4.33. The summed E-state index contributed by atoms with van der Waals surface area (Å²) in [5.41, 5.74) is 1.12. The topological polar surface area (TPSA) is 41.5 Å². The lowest BCUT2D eigenvalue weighted by molar-refractivity contribution is 0.247. The van der Waals surface area contributed by atoms with Gasteiger partial charge in [0.05, 0.1) is 11.6 Å². The van der Waals surface area contributed by atoms with Crippen molar-refractivity contribution in [2.75, 3.05) is 13.7 Å². The molecule has 0 bridgehead atoms. The van der Waals surface area contributed by atoms with Crippen LogP contribution in [0.1, 0.15) is 38.2 Å². The molecule has 1 aliphatic rings. The number of benzene rings is 1. The zero-order chi connectivity index (χ0) is 14.5. The van der Waals surface area contributed by atoms with Crippen molar-refractivity contribution < 1.29 is 9.84 Å². The largest absolute Gasteiger partial charge is 0.503 e. The molecule has 4 heteroatoms. The van der Waals surface area contributed by atoms with E-state index in [9.17, 15) is 5.11 Å². The Hall–Kier alpha value is -0.740. The summed E-state index contributed by atoms with van der Waals surface area (Å²) >= 11 is 3.36. The number of rotatable bonds is 5. The highest BCUT2D eigenvalue weighted by atomic mass is 79.9. The summed E-state index contributed by atoms with van der Waals surface area (Å²) in [6.45, 7) is 4.24. The minimum atomic E-state index is 0.164. The van der Waals surface area contributed by atoms with Gasteiger partial charge in [0.25, 0.3) is 0 Å². The molecule has 2 atom stereocenters. The number of phenolic OH excluding ortho intramolecular Hbond substituents is 1. The molecule has 0 aromatic heterocycles. The zero-order valence-electron chi connectivity index (χ0n) is 12.3. The normalized spacial score (nSPS) is 22.8. The predicted molar refractivity (Wildman–Crippen MR) is 85.2 cm³/mol. The highest BCUT2D eigenvalue weighted by Crippen LogP contribution is 2.35. The molecular formula is C16H24BrNO2. The Labute approximate surface area is 129 Å². The van der Waals surface area contributed by atoms with Crippen molar-refractivity contribution in [3.8, 4) is 11.5 Å². The van der Waals surface area contributed by atoms with E-state index in [2.05, 4.69) is 28.2 Å². The molecule has 1 saturated carbocycles. The molecular weight excluding hydrogens is 318 g/mol. The Balaban J connectivity index is 1.89. The van der Waals surface area contributed by atoms with Crippen molar-refractivity contribution in [1.82, 2.24) is 5.32 Å². The van der Waals surface area contributed by atoms with Crippen LogP contribution in [0, 0.1) is 11.8 Å². The van der Waals surface area contributed by atoms with Crippen LogP contribution in [0.5, 0.6) is 11.5 Å². The van der Waals surface area contributed by atoms with Crippen molar-refractivity contribution in [2.24, 2.45) is 11.8 Å². The number of methoxy groups -OCH3 is 1. The lowest BCUT2D eigenvalue weighted by Crippen LogP contribution is -2.29. The van der Waals surface area contributed by atoms with Crippen LogP contribution in [0.2, 0.25) is 0 Å². The summed E-state index contributed by atoms with van der Waals surface area (Å²) < 4.78 is 5.85. The SMILES string of the molecule is COc1cc(CNCC2CCCCC2C)cc(Br)c1O. The van der Waals surface area contributed by atoms with Crippen molar-refractivity contribution in [3.05, 3.63) is 22.2 Å². The fourth-order valence-electron chi connectivity index (χ4n) is 2.98. The van der Waals surface area contributed by atoms with E-state index in [4.69, 9.17) is 4.74 Å². The van der Waals surface area contributed by atoms with E-state index >= 15 is 0 Å². The molecule has 20 heavy (non-hydrogen) atoms. The number of ether oxygens (including phenoxy) is 1. The second-order valence-corrected chi connectivity index (χ2v) is 6.64. The number of hydrogen-bond donors (Lipinski definition) is 2. The van der Waals surface area contributed by atoms with E-state index in [1.165, 1.54) is 25.7 Å². The average Bonchev–Trinajstić information content (AvgIpc) is 2.44. The first-order chi connectivity index (χ1) is 9.61. The van der Waals surface area contributed by atoms with Crippen molar-refractivity contribution in [1.29, 1.82) is 0 Å². The molecule has 0 aliphatic heterocycles. The standard InChI is InChI=1S/C16H24BrNO2/c1-11-5-3-4-6-13(11)10-18-9-12-7-14(17)16(19)15(8-12)20-2/h7-8,11,13,18-19H,3-6,9-10H2,1-2H3. The van der Waals surface area contributed by atoms with E-state index in [1.807, 2.05) is 12.1 Å². The van der Waals surface area contributed by atoms with Crippen LogP contribution in [0.25, 0.3) is 0 Å². The van der Waals surface area contributed by atoms with E-state index < -0.39 is 0 Å². The fraction of sp³-hybridized carbons (Fsp3) is 0.625. The van der Waals surface area contributed by atoms with Crippen LogP contribution in [0.4, 0.5) is 0 Å². The van der Waals surface area contributed by atoms with Gasteiger partial charge >= 0.3 is 0 Å². The minimum Gasteiger partial charge on any atom is -0.503 e. The Morgan fingerprint density at radius 1 is 1.35 bits per heavy atom. The molecule has 112 valence electrons. The first kappa shape index (κ1) is 15.6. The summed E-state index contributed by atoms with van der Waals surface area (Å²) in [4.78, 5) is 0. The molecule has 2 unspecified atom stereocenters. The number of aromatic hydroxyl groups is 1. The van der Waals surface area contributed by atoms with Gasteiger partial charge in [-0.15, -0.1) is 0 Å². The molecule has 0 amide bonds. The maximum absolute atomic E-state index is 9.79. The van der Waals surface area contributed by atoms with Gasteiger partial charge in [0.2, 0.25) is 0 Å². The second-order valence-electron chi connectivity index (χ2n) is 5.78. The highest BCUT2D eigenvalue weighted by Gasteiger charge is 2.20. The van der Waals surface area contributed by atoms with Crippen molar-refractivity contribution in [2.45, 2.75) is 39.2 Å². The van der Waals surface area contributed by atoms with Gasteiger partial charge in [-0.2, -0.15) is 0 Å². The minimum absolute atomic E-state index is 0.164. The van der Waals surface area contributed by atoms with E-state index in [1.54, 1.807) is 7.11 Å². The fourth-order valence-corrected chi connectivity index (χ4v) is 3.47. The van der Waals surface area contributed by atoms with Crippen LogP contribution in [0.3, 0.4) is 0 Å². The average molecular weight is 342 g/mol. The van der Waals surface area contributed by atoms with Crippen molar-refractivity contribution >= 4 is 15.9 Å². The molecule has 0 spiro atoms. The van der Waals surface area contributed by atoms with Crippen molar-refractivity contribution in [3.63, 3.8) is 0 Å². The summed E-state index contributed by atoms with van der Waals surface area (Å²) in [6, 6.07) is 3.83. The van der Waals surface area contributed by atoms with Gasteiger partial charge in [-0.05, 0) is 58.4 Å². The molecule has 0 heterocycles. The highest BCUT2D eigenvalue weighted by molar-refractivity contribution is 9.10.